The molecule has 3 heteroatoms. The number of fused-ring (bicyclic) bond motifs is 1. The van der Waals surface area contributed by atoms with Crippen molar-refractivity contribution in [3.05, 3.63) is 41.0 Å². The fourth-order valence-corrected chi connectivity index (χ4v) is 4.29. The molecule has 120 valence electrons. The number of halogens is 1. The maximum atomic E-state index is 3.61. The van der Waals surface area contributed by atoms with Crippen LogP contribution in [0, 0.1) is 0 Å². The molecule has 0 aliphatic heterocycles. The third-order valence-corrected chi connectivity index (χ3v) is 5.42. The van der Waals surface area contributed by atoms with Gasteiger partial charge in [-0.05, 0) is 34.5 Å². The molecule has 0 N–H and O–H groups in total. The van der Waals surface area contributed by atoms with Crippen molar-refractivity contribution in [1.29, 1.82) is 0 Å². The summed E-state index contributed by atoms with van der Waals surface area (Å²) in [5.74, 6) is 1.19. The minimum atomic E-state index is 1.15. The van der Waals surface area contributed by atoms with Crippen molar-refractivity contribution in [2.45, 2.75) is 58.3 Å². The average Bonchev–Trinajstić information content (AvgIpc) is 2.53. The molecule has 0 aliphatic rings. The van der Waals surface area contributed by atoms with E-state index in [2.05, 4.69) is 63.4 Å². The highest BCUT2D eigenvalue weighted by molar-refractivity contribution is 9.10. The number of nitrogens with zero attached hydrogens (tertiary/aromatic N) is 1. The smallest absolute Gasteiger partial charge is 0.125 e. The third-order valence-electron chi connectivity index (χ3n) is 3.94. The predicted molar refractivity (Wildman–Crippen MR) is 102 cm³/mol. The standard InChI is InChI=1S/C19H27BrNS/c1-2-3-4-5-6-7-8-11-14-22-21-16-18(20)15-17-12-9-10-13-19(17)21/h9-10,12-13,15-16H,2-8,11,14H2,1H3/q+1. The van der Waals surface area contributed by atoms with Crippen molar-refractivity contribution >= 4 is 38.8 Å². The molecule has 1 heterocycles. The first-order valence-electron chi connectivity index (χ1n) is 8.54. The van der Waals surface area contributed by atoms with E-state index >= 15 is 0 Å². The lowest BCUT2D eigenvalue weighted by atomic mass is 10.1. The van der Waals surface area contributed by atoms with Crippen molar-refractivity contribution < 1.29 is 3.97 Å². The van der Waals surface area contributed by atoms with Gasteiger partial charge in [0, 0.05) is 11.5 Å². The van der Waals surface area contributed by atoms with Crippen LogP contribution in [0.3, 0.4) is 0 Å². The van der Waals surface area contributed by atoms with E-state index in [1.807, 2.05) is 11.9 Å². The quantitative estimate of drug-likeness (QED) is 0.334. The van der Waals surface area contributed by atoms with Gasteiger partial charge >= 0.3 is 0 Å². The second kappa shape index (κ2) is 10.3. The Labute approximate surface area is 147 Å². The molecule has 0 saturated heterocycles. The van der Waals surface area contributed by atoms with Crippen molar-refractivity contribution in [1.82, 2.24) is 0 Å². The van der Waals surface area contributed by atoms with Crippen LogP contribution in [0.5, 0.6) is 0 Å². The van der Waals surface area contributed by atoms with Crippen LogP contribution >= 0.6 is 27.9 Å². The summed E-state index contributed by atoms with van der Waals surface area (Å²) in [7, 11) is 0. The van der Waals surface area contributed by atoms with Gasteiger partial charge < -0.3 is 0 Å². The van der Waals surface area contributed by atoms with Crippen LogP contribution in [0.15, 0.2) is 41.0 Å². The van der Waals surface area contributed by atoms with Crippen LogP contribution in [0.1, 0.15) is 58.3 Å². The van der Waals surface area contributed by atoms with Gasteiger partial charge in [-0.2, -0.15) is 0 Å². The van der Waals surface area contributed by atoms with Gasteiger partial charge in [-0.25, -0.2) is 0 Å². The molecule has 1 nitrogen and oxygen atoms in total. The number of rotatable bonds is 10. The van der Waals surface area contributed by atoms with Gasteiger partial charge in [0.2, 0.25) is 5.52 Å². The molecule has 0 saturated carbocycles. The number of para-hydroxylation sites is 1. The van der Waals surface area contributed by atoms with Crippen LogP contribution in [0.2, 0.25) is 0 Å². The monoisotopic (exact) mass is 380 g/mol. The number of benzene rings is 1. The Bertz CT molecular complexity index is 570. The number of pyridine rings is 1. The molecule has 0 aliphatic carbocycles. The topological polar surface area (TPSA) is 3.88 Å². The molecule has 2 rings (SSSR count). The van der Waals surface area contributed by atoms with E-state index in [4.69, 9.17) is 0 Å². The molecular weight excluding hydrogens is 354 g/mol. The highest BCUT2D eigenvalue weighted by Crippen LogP contribution is 2.18. The molecule has 0 radical (unpaired) electrons. The van der Waals surface area contributed by atoms with Crippen molar-refractivity contribution in [3.63, 3.8) is 0 Å². The summed E-state index contributed by atoms with van der Waals surface area (Å²) < 4.78 is 3.45. The molecule has 0 amide bonds. The third kappa shape index (κ3) is 5.92. The van der Waals surface area contributed by atoms with Crippen LogP contribution in [0.25, 0.3) is 10.9 Å². The second-order valence-corrected chi connectivity index (χ2v) is 7.83. The first-order chi connectivity index (χ1) is 10.8. The van der Waals surface area contributed by atoms with E-state index < -0.39 is 0 Å². The number of aromatic nitrogens is 1. The van der Waals surface area contributed by atoms with E-state index in [1.165, 1.54) is 68.0 Å². The first kappa shape index (κ1) is 17.8. The Kier molecular flexibility index (Phi) is 8.32. The SMILES string of the molecule is CCCCCCCCCCS[n+]1cc(Br)cc2ccccc21. The predicted octanol–water partition coefficient (Wildman–Crippen LogP) is 6.53. The molecule has 22 heavy (non-hydrogen) atoms. The van der Waals surface area contributed by atoms with Gasteiger partial charge in [0.1, 0.15) is 0 Å². The number of hydrogen-bond donors (Lipinski definition) is 0. The van der Waals surface area contributed by atoms with Gasteiger partial charge in [0.15, 0.2) is 18.1 Å². The highest BCUT2D eigenvalue weighted by Gasteiger charge is 2.11. The summed E-state index contributed by atoms with van der Waals surface area (Å²) >= 11 is 5.54. The summed E-state index contributed by atoms with van der Waals surface area (Å²) in [5, 5.41) is 1.29. The van der Waals surface area contributed by atoms with E-state index in [1.54, 1.807) is 0 Å². The van der Waals surface area contributed by atoms with Gasteiger partial charge in [0.05, 0.1) is 10.2 Å². The van der Waals surface area contributed by atoms with Gasteiger partial charge in [-0.3, -0.25) is 0 Å². The molecular formula is C19H27BrNS+. The lowest BCUT2D eigenvalue weighted by Gasteiger charge is -2.02. The summed E-state index contributed by atoms with van der Waals surface area (Å²) in [4.78, 5) is 0. The maximum absolute atomic E-state index is 3.61. The number of unbranched alkanes of at least 4 members (excludes halogenated alkanes) is 7. The Morgan fingerprint density at radius 1 is 0.955 bits per heavy atom. The van der Waals surface area contributed by atoms with E-state index in [0.29, 0.717) is 0 Å². The van der Waals surface area contributed by atoms with E-state index in [0.717, 1.165) is 4.47 Å². The Morgan fingerprint density at radius 3 is 2.41 bits per heavy atom. The van der Waals surface area contributed by atoms with E-state index in [9.17, 15) is 0 Å². The molecule has 1 aromatic carbocycles. The second-order valence-electron chi connectivity index (χ2n) is 5.85. The van der Waals surface area contributed by atoms with Gasteiger partial charge in [-0.15, -0.1) is 3.97 Å². The summed E-state index contributed by atoms with van der Waals surface area (Å²) in [6, 6.07) is 10.8. The van der Waals surface area contributed by atoms with Gasteiger partial charge in [-0.1, -0.05) is 64.0 Å². The van der Waals surface area contributed by atoms with Crippen LogP contribution in [0.4, 0.5) is 0 Å². The zero-order chi connectivity index (χ0) is 15.6. The van der Waals surface area contributed by atoms with Crippen LogP contribution in [-0.4, -0.2) is 5.75 Å². The maximum Gasteiger partial charge on any atom is 0.226 e. The normalized spacial score (nSPS) is 11.2. The zero-order valence-electron chi connectivity index (χ0n) is 13.6. The number of hydrogen-bond acceptors (Lipinski definition) is 1. The average molecular weight is 381 g/mol. The fraction of sp³-hybridized carbons (Fsp3) is 0.526. The zero-order valence-corrected chi connectivity index (χ0v) is 16.0. The minimum Gasteiger partial charge on any atom is -0.125 e. The van der Waals surface area contributed by atoms with Crippen molar-refractivity contribution in [2.24, 2.45) is 0 Å². The molecule has 0 spiro atoms. The summed E-state index contributed by atoms with van der Waals surface area (Å²) in [6.45, 7) is 2.28. The van der Waals surface area contributed by atoms with Gasteiger partial charge in [0.25, 0.3) is 0 Å². The molecule has 0 unspecified atom stereocenters. The van der Waals surface area contributed by atoms with Crippen molar-refractivity contribution in [3.8, 4) is 0 Å². The van der Waals surface area contributed by atoms with Crippen LogP contribution < -0.4 is 3.97 Å². The Morgan fingerprint density at radius 2 is 1.64 bits per heavy atom. The summed E-state index contributed by atoms with van der Waals surface area (Å²) in [6.07, 6.45) is 13.3. The summed E-state index contributed by atoms with van der Waals surface area (Å²) in [5.41, 5.74) is 1.30. The lowest BCUT2D eigenvalue weighted by Crippen LogP contribution is -2.26. The molecule has 0 bridgehead atoms. The van der Waals surface area contributed by atoms with Crippen molar-refractivity contribution in [2.75, 3.05) is 5.75 Å². The largest absolute Gasteiger partial charge is 0.226 e. The molecule has 0 fully saturated rings. The van der Waals surface area contributed by atoms with E-state index in [-0.39, 0.29) is 0 Å². The highest BCUT2D eigenvalue weighted by atomic mass is 79.9. The minimum absolute atomic E-state index is 1.15. The Hall–Kier alpha value is -0.540. The Balaban J connectivity index is 1.71. The first-order valence-corrected chi connectivity index (χ1v) is 10.3. The molecule has 2 aromatic rings. The lowest BCUT2D eigenvalue weighted by molar-refractivity contribution is -0.464. The van der Waals surface area contributed by atoms with Crippen LogP contribution in [-0.2, 0) is 0 Å². The fourth-order valence-electron chi connectivity index (χ4n) is 2.68. The molecule has 1 aromatic heterocycles. The molecule has 0 atom stereocenters.